The molecule has 0 saturated carbocycles. The number of carboxylic acid groups (broad SMARTS) is 1. The van der Waals surface area contributed by atoms with Gasteiger partial charge in [0, 0.05) is 0 Å². The molecular weight excluding hydrogens is 244 g/mol. The van der Waals surface area contributed by atoms with E-state index in [9.17, 15) is 9.90 Å². The number of rotatable bonds is 6. The molecule has 4 nitrogen and oxygen atoms in total. The SMILES string of the molecule is COc1cc(C)c(CC(C(=O)O)C(C)C)cc1OC. The second kappa shape index (κ2) is 6.45. The number of hydrogen-bond donors (Lipinski definition) is 1. The van der Waals surface area contributed by atoms with Gasteiger partial charge < -0.3 is 14.6 Å². The molecule has 1 atom stereocenters. The Balaban J connectivity index is 3.10. The smallest absolute Gasteiger partial charge is 0.307 e. The molecule has 0 radical (unpaired) electrons. The number of methoxy groups -OCH3 is 2. The van der Waals surface area contributed by atoms with Crippen LogP contribution in [0.3, 0.4) is 0 Å². The summed E-state index contributed by atoms with van der Waals surface area (Å²) in [6.07, 6.45) is 0.499. The van der Waals surface area contributed by atoms with E-state index in [0.29, 0.717) is 17.9 Å². The van der Waals surface area contributed by atoms with Gasteiger partial charge in [0.1, 0.15) is 0 Å². The van der Waals surface area contributed by atoms with Crippen molar-refractivity contribution in [1.82, 2.24) is 0 Å². The van der Waals surface area contributed by atoms with Gasteiger partial charge in [-0.15, -0.1) is 0 Å². The highest BCUT2D eigenvalue weighted by Crippen LogP contribution is 2.32. The zero-order chi connectivity index (χ0) is 14.6. The number of carboxylic acids is 1. The Labute approximate surface area is 114 Å². The van der Waals surface area contributed by atoms with Crippen LogP contribution in [0.25, 0.3) is 0 Å². The molecule has 0 heterocycles. The molecule has 0 aliphatic carbocycles. The molecule has 1 unspecified atom stereocenters. The Bertz CT molecular complexity index is 452. The van der Waals surface area contributed by atoms with Crippen LogP contribution in [0, 0.1) is 18.8 Å². The minimum absolute atomic E-state index is 0.0880. The van der Waals surface area contributed by atoms with E-state index in [2.05, 4.69) is 0 Å². The lowest BCUT2D eigenvalue weighted by molar-refractivity contribution is -0.143. The highest BCUT2D eigenvalue weighted by molar-refractivity contribution is 5.71. The zero-order valence-electron chi connectivity index (χ0n) is 12.2. The molecule has 0 saturated heterocycles. The number of hydrogen-bond acceptors (Lipinski definition) is 3. The predicted molar refractivity (Wildman–Crippen MR) is 74.0 cm³/mol. The molecule has 1 aromatic rings. The average molecular weight is 266 g/mol. The molecule has 0 aromatic heterocycles. The fraction of sp³-hybridized carbons (Fsp3) is 0.533. The minimum atomic E-state index is -0.760. The molecule has 0 fully saturated rings. The maximum Gasteiger partial charge on any atom is 0.307 e. The van der Waals surface area contributed by atoms with Gasteiger partial charge in [-0.2, -0.15) is 0 Å². The maximum atomic E-state index is 11.3. The Morgan fingerprint density at radius 3 is 2.16 bits per heavy atom. The van der Waals surface area contributed by atoms with E-state index in [1.165, 1.54) is 0 Å². The summed E-state index contributed by atoms with van der Waals surface area (Å²) < 4.78 is 10.5. The summed E-state index contributed by atoms with van der Waals surface area (Å²) in [5, 5.41) is 9.27. The third-order valence-corrected chi connectivity index (χ3v) is 3.40. The van der Waals surface area contributed by atoms with Gasteiger partial charge in [0.15, 0.2) is 11.5 Å². The molecule has 4 heteroatoms. The van der Waals surface area contributed by atoms with Crippen LogP contribution in [0.4, 0.5) is 0 Å². The second-order valence-electron chi connectivity index (χ2n) is 5.03. The molecule has 0 aliphatic heterocycles. The van der Waals surface area contributed by atoms with Crippen LogP contribution < -0.4 is 9.47 Å². The molecular formula is C15H22O4. The lowest BCUT2D eigenvalue weighted by atomic mass is 9.87. The van der Waals surface area contributed by atoms with Gasteiger partial charge in [-0.3, -0.25) is 4.79 Å². The van der Waals surface area contributed by atoms with Crippen molar-refractivity contribution in [2.45, 2.75) is 27.2 Å². The lowest BCUT2D eigenvalue weighted by Crippen LogP contribution is -2.22. The molecule has 1 aromatic carbocycles. The highest BCUT2D eigenvalue weighted by atomic mass is 16.5. The van der Waals surface area contributed by atoms with E-state index in [0.717, 1.165) is 11.1 Å². The Kier molecular flexibility index (Phi) is 5.21. The molecule has 0 aliphatic rings. The molecule has 106 valence electrons. The van der Waals surface area contributed by atoms with Gasteiger partial charge >= 0.3 is 5.97 Å². The van der Waals surface area contributed by atoms with Gasteiger partial charge in [0.05, 0.1) is 20.1 Å². The van der Waals surface area contributed by atoms with Crippen molar-refractivity contribution in [2.75, 3.05) is 14.2 Å². The molecule has 19 heavy (non-hydrogen) atoms. The van der Waals surface area contributed by atoms with Crippen molar-refractivity contribution >= 4 is 5.97 Å². The Hall–Kier alpha value is -1.71. The van der Waals surface area contributed by atoms with Crippen LogP contribution in [0.1, 0.15) is 25.0 Å². The molecule has 0 spiro atoms. The van der Waals surface area contributed by atoms with Crippen molar-refractivity contribution in [3.8, 4) is 11.5 Å². The first-order chi connectivity index (χ1) is 8.90. The summed E-state index contributed by atoms with van der Waals surface area (Å²) in [5.41, 5.74) is 2.00. The van der Waals surface area contributed by atoms with E-state index in [-0.39, 0.29) is 5.92 Å². The number of aliphatic carboxylic acids is 1. The lowest BCUT2D eigenvalue weighted by Gasteiger charge is -2.19. The van der Waals surface area contributed by atoms with E-state index in [1.54, 1.807) is 14.2 Å². The number of carbonyl (C=O) groups is 1. The van der Waals surface area contributed by atoms with Crippen molar-refractivity contribution in [3.63, 3.8) is 0 Å². The van der Waals surface area contributed by atoms with Gasteiger partial charge in [0.25, 0.3) is 0 Å². The number of aryl methyl sites for hydroxylation is 1. The van der Waals surface area contributed by atoms with E-state index < -0.39 is 11.9 Å². The number of ether oxygens (including phenoxy) is 2. The van der Waals surface area contributed by atoms with Crippen LogP contribution in [-0.4, -0.2) is 25.3 Å². The van der Waals surface area contributed by atoms with E-state index in [1.807, 2.05) is 32.9 Å². The first kappa shape index (κ1) is 15.3. The maximum absolute atomic E-state index is 11.3. The van der Waals surface area contributed by atoms with Gasteiger partial charge in [-0.05, 0) is 42.5 Å². The summed E-state index contributed by atoms with van der Waals surface area (Å²) in [6, 6.07) is 3.75. The van der Waals surface area contributed by atoms with Gasteiger partial charge in [0.2, 0.25) is 0 Å². The fourth-order valence-electron chi connectivity index (χ4n) is 2.09. The highest BCUT2D eigenvalue weighted by Gasteiger charge is 2.23. The largest absolute Gasteiger partial charge is 0.493 e. The summed E-state index contributed by atoms with van der Waals surface area (Å²) in [6.45, 7) is 5.81. The average Bonchev–Trinajstić information content (AvgIpc) is 2.35. The summed E-state index contributed by atoms with van der Waals surface area (Å²) in [5.74, 6) is 0.238. The van der Waals surface area contributed by atoms with E-state index >= 15 is 0 Å². The summed E-state index contributed by atoms with van der Waals surface area (Å²) in [4.78, 5) is 11.3. The monoisotopic (exact) mass is 266 g/mol. The molecule has 0 amide bonds. The van der Waals surface area contributed by atoms with Crippen LogP contribution in [0.5, 0.6) is 11.5 Å². The van der Waals surface area contributed by atoms with Crippen LogP contribution in [-0.2, 0) is 11.2 Å². The Morgan fingerprint density at radius 1 is 1.21 bits per heavy atom. The van der Waals surface area contributed by atoms with Crippen molar-refractivity contribution in [2.24, 2.45) is 11.8 Å². The van der Waals surface area contributed by atoms with E-state index in [4.69, 9.17) is 9.47 Å². The Morgan fingerprint density at radius 2 is 1.74 bits per heavy atom. The first-order valence-corrected chi connectivity index (χ1v) is 6.35. The van der Waals surface area contributed by atoms with Gasteiger partial charge in [-0.25, -0.2) is 0 Å². The predicted octanol–water partition coefficient (Wildman–Crippen LogP) is 2.91. The minimum Gasteiger partial charge on any atom is -0.493 e. The third-order valence-electron chi connectivity index (χ3n) is 3.40. The van der Waals surface area contributed by atoms with Crippen molar-refractivity contribution < 1.29 is 19.4 Å². The normalized spacial score (nSPS) is 12.3. The summed E-state index contributed by atoms with van der Waals surface area (Å²) >= 11 is 0. The topological polar surface area (TPSA) is 55.8 Å². The van der Waals surface area contributed by atoms with Crippen molar-refractivity contribution in [3.05, 3.63) is 23.3 Å². The molecule has 1 N–H and O–H groups in total. The zero-order valence-corrected chi connectivity index (χ0v) is 12.2. The van der Waals surface area contributed by atoms with Crippen LogP contribution >= 0.6 is 0 Å². The van der Waals surface area contributed by atoms with Crippen LogP contribution in [0.2, 0.25) is 0 Å². The first-order valence-electron chi connectivity index (χ1n) is 6.35. The van der Waals surface area contributed by atoms with Crippen molar-refractivity contribution in [1.29, 1.82) is 0 Å². The molecule has 1 rings (SSSR count). The van der Waals surface area contributed by atoms with Gasteiger partial charge in [-0.1, -0.05) is 13.8 Å². The second-order valence-corrected chi connectivity index (χ2v) is 5.03. The quantitative estimate of drug-likeness (QED) is 0.860. The third kappa shape index (κ3) is 3.63. The van der Waals surface area contributed by atoms with Crippen LogP contribution in [0.15, 0.2) is 12.1 Å². The fourth-order valence-corrected chi connectivity index (χ4v) is 2.09. The molecule has 0 bridgehead atoms. The standard InChI is InChI=1S/C15H22O4/c1-9(2)12(15(16)17)7-11-8-14(19-5)13(18-4)6-10(11)3/h6,8-9,12H,7H2,1-5H3,(H,16,17). The number of benzene rings is 1. The summed E-state index contributed by atoms with van der Waals surface area (Å²) in [7, 11) is 3.17.